The van der Waals surface area contributed by atoms with Gasteiger partial charge in [-0.05, 0) is 49.0 Å². The van der Waals surface area contributed by atoms with E-state index in [-0.39, 0.29) is 11.8 Å². The highest BCUT2D eigenvalue weighted by molar-refractivity contribution is 6.30. The molecule has 0 aliphatic carbocycles. The predicted molar refractivity (Wildman–Crippen MR) is 131 cm³/mol. The summed E-state index contributed by atoms with van der Waals surface area (Å²) >= 11 is 6.09. The lowest BCUT2D eigenvalue weighted by molar-refractivity contribution is 0.0664. The molecule has 4 aromatic rings. The van der Waals surface area contributed by atoms with Gasteiger partial charge >= 0.3 is 0 Å². The summed E-state index contributed by atoms with van der Waals surface area (Å²) < 4.78 is 1.63. The number of piperazine rings is 1. The van der Waals surface area contributed by atoms with Crippen molar-refractivity contribution in [1.82, 2.24) is 24.2 Å². The molecule has 1 N–H and O–H groups in total. The van der Waals surface area contributed by atoms with E-state index in [1.807, 2.05) is 23.1 Å². The molecule has 3 heterocycles. The van der Waals surface area contributed by atoms with Crippen LogP contribution in [0.15, 0.2) is 67.1 Å². The molecule has 1 aliphatic rings. The minimum Gasteiger partial charge on any atom is -0.336 e. The Labute approximate surface area is 201 Å². The number of imidazole rings is 1. The van der Waals surface area contributed by atoms with E-state index in [1.54, 1.807) is 47.1 Å². The van der Waals surface area contributed by atoms with Gasteiger partial charge in [-0.1, -0.05) is 23.7 Å². The number of halogens is 1. The number of likely N-dealkylation sites (N-methyl/N-ethyl adjacent to an activating group) is 1. The Morgan fingerprint density at radius 3 is 2.53 bits per heavy atom. The van der Waals surface area contributed by atoms with Crippen molar-refractivity contribution in [3.63, 3.8) is 0 Å². The Hall–Kier alpha value is -3.75. The summed E-state index contributed by atoms with van der Waals surface area (Å²) in [5.74, 6) is 0.0987. The number of amides is 2. The minimum atomic E-state index is -0.325. The van der Waals surface area contributed by atoms with E-state index in [9.17, 15) is 9.59 Å². The number of hydrogen-bond acceptors (Lipinski definition) is 5. The number of benzene rings is 2. The molecule has 1 fully saturated rings. The molecule has 9 heteroatoms. The van der Waals surface area contributed by atoms with Gasteiger partial charge in [-0.2, -0.15) is 0 Å². The van der Waals surface area contributed by atoms with Gasteiger partial charge in [0, 0.05) is 60.4 Å². The van der Waals surface area contributed by atoms with E-state index in [0.717, 1.165) is 24.2 Å². The zero-order valence-electron chi connectivity index (χ0n) is 18.6. The topological polar surface area (TPSA) is 82.8 Å². The van der Waals surface area contributed by atoms with Crippen molar-refractivity contribution < 1.29 is 9.59 Å². The van der Waals surface area contributed by atoms with Crippen molar-refractivity contribution >= 4 is 34.9 Å². The smallest absolute Gasteiger partial charge is 0.274 e. The highest BCUT2D eigenvalue weighted by Crippen LogP contribution is 2.31. The first kappa shape index (κ1) is 22.1. The maximum atomic E-state index is 13.2. The number of nitrogens with one attached hydrogen (secondary N) is 1. The molecule has 2 aromatic carbocycles. The van der Waals surface area contributed by atoms with E-state index in [4.69, 9.17) is 11.6 Å². The van der Waals surface area contributed by atoms with Gasteiger partial charge in [0.2, 0.25) is 5.78 Å². The van der Waals surface area contributed by atoms with Crippen LogP contribution in [0.4, 0.5) is 5.69 Å². The summed E-state index contributed by atoms with van der Waals surface area (Å²) in [5.41, 5.74) is 3.10. The number of nitrogens with zero attached hydrogens (tertiary/aromatic N) is 5. The minimum absolute atomic E-state index is 0.0194. The molecule has 2 aromatic heterocycles. The zero-order valence-corrected chi connectivity index (χ0v) is 19.4. The van der Waals surface area contributed by atoms with Crippen LogP contribution < -0.4 is 5.32 Å². The molecule has 34 heavy (non-hydrogen) atoms. The first-order valence-corrected chi connectivity index (χ1v) is 11.3. The number of carbonyl (C=O) groups excluding carboxylic acids is 2. The summed E-state index contributed by atoms with van der Waals surface area (Å²) in [4.78, 5) is 38.7. The molecule has 172 valence electrons. The normalized spacial score (nSPS) is 14.4. The van der Waals surface area contributed by atoms with Crippen LogP contribution in [0.25, 0.3) is 16.9 Å². The average Bonchev–Trinajstić information content (AvgIpc) is 3.29. The summed E-state index contributed by atoms with van der Waals surface area (Å²) in [6.07, 6.45) is 4.85. The van der Waals surface area contributed by atoms with Gasteiger partial charge in [0.25, 0.3) is 11.8 Å². The molecule has 1 saturated heterocycles. The Bertz CT molecular complexity index is 1360. The van der Waals surface area contributed by atoms with E-state index >= 15 is 0 Å². The first-order valence-electron chi connectivity index (χ1n) is 11.0. The van der Waals surface area contributed by atoms with Crippen LogP contribution in [0.3, 0.4) is 0 Å². The van der Waals surface area contributed by atoms with Crippen LogP contribution in [0.2, 0.25) is 5.02 Å². The molecule has 0 saturated carbocycles. The second-order valence-corrected chi connectivity index (χ2v) is 8.69. The Kier molecular flexibility index (Phi) is 6.00. The molecule has 0 spiro atoms. The second-order valence-electron chi connectivity index (χ2n) is 8.25. The van der Waals surface area contributed by atoms with Crippen molar-refractivity contribution in [1.29, 1.82) is 0 Å². The molecular weight excluding hydrogens is 452 g/mol. The highest BCUT2D eigenvalue weighted by Gasteiger charge is 2.22. The molecule has 0 atom stereocenters. The number of rotatable bonds is 4. The molecule has 5 rings (SSSR count). The molecule has 2 amide bonds. The van der Waals surface area contributed by atoms with Crippen molar-refractivity contribution in [2.75, 3.05) is 38.5 Å². The maximum absolute atomic E-state index is 13.2. The monoisotopic (exact) mass is 474 g/mol. The van der Waals surface area contributed by atoms with Gasteiger partial charge in [0.15, 0.2) is 0 Å². The Morgan fingerprint density at radius 1 is 1.00 bits per heavy atom. The van der Waals surface area contributed by atoms with Crippen molar-refractivity contribution in [2.24, 2.45) is 0 Å². The van der Waals surface area contributed by atoms with Crippen LogP contribution in [0, 0.1) is 0 Å². The zero-order chi connectivity index (χ0) is 23.7. The SMILES string of the molecule is CN1CCN(C(=O)c2ccc(NC(=O)c3cnc4ncccn34)c(-c3ccc(Cl)cc3)c2)CC1. The van der Waals surface area contributed by atoms with Gasteiger partial charge in [0.1, 0.15) is 5.69 Å². The van der Waals surface area contributed by atoms with Gasteiger partial charge < -0.3 is 15.1 Å². The van der Waals surface area contributed by atoms with Gasteiger partial charge in [-0.25, -0.2) is 9.97 Å². The average molecular weight is 475 g/mol. The molecule has 0 radical (unpaired) electrons. The van der Waals surface area contributed by atoms with Crippen LogP contribution in [-0.2, 0) is 0 Å². The van der Waals surface area contributed by atoms with Crippen LogP contribution in [0.1, 0.15) is 20.8 Å². The summed E-state index contributed by atoms with van der Waals surface area (Å²) in [5, 5.41) is 3.59. The molecular formula is C25H23ClN6O2. The molecule has 0 unspecified atom stereocenters. The number of hydrogen-bond donors (Lipinski definition) is 1. The fourth-order valence-corrected chi connectivity index (χ4v) is 4.15. The van der Waals surface area contributed by atoms with Crippen LogP contribution in [0.5, 0.6) is 0 Å². The van der Waals surface area contributed by atoms with E-state index in [0.29, 0.717) is 40.8 Å². The maximum Gasteiger partial charge on any atom is 0.274 e. The third-order valence-corrected chi connectivity index (χ3v) is 6.23. The number of anilines is 1. The van der Waals surface area contributed by atoms with E-state index in [2.05, 4.69) is 27.2 Å². The van der Waals surface area contributed by atoms with Crippen molar-refractivity contribution in [3.05, 3.63) is 83.4 Å². The molecule has 0 bridgehead atoms. The highest BCUT2D eigenvalue weighted by atomic mass is 35.5. The van der Waals surface area contributed by atoms with Gasteiger partial charge in [-0.3, -0.25) is 14.0 Å². The standard InChI is InChI=1S/C25H23ClN6O2/c1-30-11-13-31(14-12-30)24(34)18-5-8-21(20(15-18)17-3-6-19(26)7-4-17)29-23(33)22-16-28-25-27-9-2-10-32(22)25/h2-10,15-16H,11-14H2,1H3,(H,29,33). The molecule has 8 nitrogen and oxygen atoms in total. The summed E-state index contributed by atoms with van der Waals surface area (Å²) in [6, 6.07) is 14.4. The Morgan fingerprint density at radius 2 is 1.76 bits per heavy atom. The van der Waals surface area contributed by atoms with Gasteiger partial charge in [-0.15, -0.1) is 0 Å². The van der Waals surface area contributed by atoms with E-state index < -0.39 is 0 Å². The summed E-state index contributed by atoms with van der Waals surface area (Å²) in [7, 11) is 2.05. The number of fused-ring (bicyclic) bond motifs is 1. The first-order chi connectivity index (χ1) is 16.5. The number of aromatic nitrogens is 3. The third-order valence-electron chi connectivity index (χ3n) is 5.98. The second kappa shape index (κ2) is 9.24. The quantitative estimate of drug-likeness (QED) is 0.487. The largest absolute Gasteiger partial charge is 0.336 e. The van der Waals surface area contributed by atoms with E-state index in [1.165, 1.54) is 6.20 Å². The lowest BCUT2D eigenvalue weighted by atomic mass is 10.00. The van der Waals surface area contributed by atoms with Crippen LogP contribution >= 0.6 is 11.6 Å². The van der Waals surface area contributed by atoms with Crippen molar-refractivity contribution in [2.45, 2.75) is 0 Å². The van der Waals surface area contributed by atoms with Crippen LogP contribution in [-0.4, -0.2) is 69.2 Å². The predicted octanol–water partition coefficient (Wildman–Crippen LogP) is 3.69. The fourth-order valence-electron chi connectivity index (χ4n) is 4.03. The number of carbonyl (C=O) groups is 2. The lowest BCUT2D eigenvalue weighted by Crippen LogP contribution is -2.47. The molecule has 1 aliphatic heterocycles. The Balaban J connectivity index is 1.49. The van der Waals surface area contributed by atoms with Gasteiger partial charge in [0.05, 0.1) is 6.20 Å². The fraction of sp³-hybridized carbons (Fsp3) is 0.200. The van der Waals surface area contributed by atoms with Crippen molar-refractivity contribution in [3.8, 4) is 11.1 Å². The third kappa shape index (κ3) is 4.37. The summed E-state index contributed by atoms with van der Waals surface area (Å²) in [6.45, 7) is 3.06. The lowest BCUT2D eigenvalue weighted by Gasteiger charge is -2.32.